The van der Waals surface area contributed by atoms with Gasteiger partial charge >= 0.3 is 5.97 Å². The monoisotopic (exact) mass is 283 g/mol. The zero-order valence-corrected chi connectivity index (χ0v) is 11.7. The number of carboxylic acid groups (broad SMARTS) is 1. The average Bonchev–Trinajstić information content (AvgIpc) is 2.78. The van der Waals surface area contributed by atoms with Crippen molar-refractivity contribution in [3.8, 4) is 5.75 Å². The predicted octanol–water partition coefficient (Wildman–Crippen LogP) is 2.87. The summed E-state index contributed by atoms with van der Waals surface area (Å²) in [7, 11) is 0. The topological polar surface area (TPSA) is 60.8 Å². The van der Waals surface area contributed by atoms with Gasteiger partial charge in [-0.15, -0.1) is 0 Å². The van der Waals surface area contributed by atoms with Crippen LogP contribution in [0.15, 0.2) is 18.2 Å². The minimum atomic E-state index is -0.760. The number of phenolic OH excluding ortho intramolecular Hbond substituents is 1. The van der Waals surface area contributed by atoms with E-state index in [2.05, 4.69) is 0 Å². The molecule has 2 rings (SSSR count). The first-order valence-electron chi connectivity index (χ1n) is 6.45. The molecule has 1 atom stereocenters. The van der Waals surface area contributed by atoms with Gasteiger partial charge in [0.25, 0.3) is 0 Å². The highest BCUT2D eigenvalue weighted by Crippen LogP contribution is 2.35. The lowest BCUT2D eigenvalue weighted by Gasteiger charge is -2.34. The number of likely N-dealkylation sites (tertiary alicyclic amines) is 1. The molecule has 19 heavy (non-hydrogen) atoms. The van der Waals surface area contributed by atoms with Crippen LogP contribution >= 0.6 is 11.6 Å². The SMILES string of the molecule is CCC1(C(=O)O)CCCN1Cc1ccc(O)c(Cl)c1. The van der Waals surface area contributed by atoms with Crippen molar-refractivity contribution >= 4 is 17.6 Å². The first kappa shape index (κ1) is 14.2. The number of hydrogen-bond donors (Lipinski definition) is 2. The molecule has 0 aliphatic carbocycles. The number of carboxylic acids is 1. The Kier molecular flexibility index (Phi) is 4.02. The van der Waals surface area contributed by atoms with Crippen LogP contribution in [0.2, 0.25) is 5.02 Å². The van der Waals surface area contributed by atoms with E-state index >= 15 is 0 Å². The van der Waals surface area contributed by atoms with Gasteiger partial charge < -0.3 is 10.2 Å². The van der Waals surface area contributed by atoms with Crippen molar-refractivity contribution < 1.29 is 15.0 Å². The molecule has 1 saturated heterocycles. The number of nitrogens with zero attached hydrogens (tertiary/aromatic N) is 1. The maximum absolute atomic E-state index is 11.6. The number of benzene rings is 1. The molecular weight excluding hydrogens is 266 g/mol. The van der Waals surface area contributed by atoms with Gasteiger partial charge in [0.2, 0.25) is 0 Å². The molecule has 0 amide bonds. The van der Waals surface area contributed by atoms with Gasteiger partial charge in [0.15, 0.2) is 0 Å². The van der Waals surface area contributed by atoms with Gasteiger partial charge in [0.05, 0.1) is 5.02 Å². The summed E-state index contributed by atoms with van der Waals surface area (Å²) in [5, 5.41) is 19.2. The molecule has 5 heteroatoms. The molecule has 1 heterocycles. The first-order valence-corrected chi connectivity index (χ1v) is 6.83. The maximum atomic E-state index is 11.6. The third kappa shape index (κ3) is 2.55. The van der Waals surface area contributed by atoms with Crippen molar-refractivity contribution in [2.24, 2.45) is 0 Å². The summed E-state index contributed by atoms with van der Waals surface area (Å²) in [6.45, 7) is 3.23. The fraction of sp³-hybridized carbons (Fsp3) is 0.500. The molecule has 1 aromatic rings. The Bertz CT molecular complexity index is 492. The van der Waals surface area contributed by atoms with Crippen LogP contribution in [0.25, 0.3) is 0 Å². The predicted molar refractivity (Wildman–Crippen MR) is 73.4 cm³/mol. The van der Waals surface area contributed by atoms with Gasteiger partial charge in [-0.3, -0.25) is 9.69 Å². The summed E-state index contributed by atoms with van der Waals surface area (Å²) in [5.41, 5.74) is 0.161. The molecule has 0 radical (unpaired) electrons. The second-order valence-corrected chi connectivity index (χ2v) is 5.41. The summed E-state index contributed by atoms with van der Waals surface area (Å²) < 4.78 is 0. The van der Waals surface area contributed by atoms with E-state index in [1.54, 1.807) is 18.2 Å². The molecule has 1 aromatic carbocycles. The highest BCUT2D eigenvalue weighted by atomic mass is 35.5. The van der Waals surface area contributed by atoms with Crippen molar-refractivity contribution in [1.82, 2.24) is 4.90 Å². The molecule has 1 fully saturated rings. The molecule has 0 aromatic heterocycles. The minimum absolute atomic E-state index is 0.0480. The standard InChI is InChI=1S/C14H18ClNO3/c1-2-14(13(18)19)6-3-7-16(14)9-10-4-5-12(17)11(15)8-10/h4-5,8,17H,2-3,6-7,9H2,1H3,(H,18,19). The van der Waals surface area contributed by atoms with E-state index in [1.165, 1.54) is 0 Å². The van der Waals surface area contributed by atoms with E-state index in [4.69, 9.17) is 11.6 Å². The zero-order chi connectivity index (χ0) is 14.0. The maximum Gasteiger partial charge on any atom is 0.324 e. The van der Waals surface area contributed by atoms with Crippen molar-refractivity contribution in [3.05, 3.63) is 28.8 Å². The number of rotatable bonds is 4. The van der Waals surface area contributed by atoms with Crippen LogP contribution in [-0.2, 0) is 11.3 Å². The number of halogens is 1. The van der Waals surface area contributed by atoms with E-state index in [0.717, 1.165) is 18.5 Å². The molecule has 4 nitrogen and oxygen atoms in total. The number of phenols is 1. The Hall–Kier alpha value is -1.26. The van der Waals surface area contributed by atoms with E-state index < -0.39 is 11.5 Å². The van der Waals surface area contributed by atoms with E-state index in [1.807, 2.05) is 11.8 Å². The van der Waals surface area contributed by atoms with Gasteiger partial charge in [0.1, 0.15) is 11.3 Å². The summed E-state index contributed by atoms with van der Waals surface area (Å²) in [4.78, 5) is 13.6. The Balaban J connectivity index is 2.21. The molecule has 1 unspecified atom stereocenters. The van der Waals surface area contributed by atoms with E-state index in [9.17, 15) is 15.0 Å². The van der Waals surface area contributed by atoms with Gasteiger partial charge in [-0.05, 0) is 43.5 Å². The van der Waals surface area contributed by atoms with Crippen LogP contribution in [0.4, 0.5) is 0 Å². The minimum Gasteiger partial charge on any atom is -0.506 e. The fourth-order valence-corrected chi connectivity index (χ4v) is 3.03. The Morgan fingerprint density at radius 1 is 1.53 bits per heavy atom. The van der Waals surface area contributed by atoms with Crippen LogP contribution in [0.1, 0.15) is 31.7 Å². The van der Waals surface area contributed by atoms with Crippen molar-refractivity contribution in [2.75, 3.05) is 6.54 Å². The fourth-order valence-electron chi connectivity index (χ4n) is 2.83. The number of carbonyl (C=O) groups is 1. The third-order valence-corrected chi connectivity index (χ3v) is 4.29. The normalized spacial score (nSPS) is 23.7. The van der Waals surface area contributed by atoms with E-state index in [0.29, 0.717) is 24.4 Å². The molecule has 1 aliphatic rings. The number of hydrogen-bond acceptors (Lipinski definition) is 3. The Morgan fingerprint density at radius 3 is 2.84 bits per heavy atom. The van der Waals surface area contributed by atoms with Crippen LogP contribution in [0, 0.1) is 0 Å². The second-order valence-electron chi connectivity index (χ2n) is 5.00. The van der Waals surface area contributed by atoms with Gasteiger partial charge in [-0.25, -0.2) is 0 Å². The molecule has 0 bridgehead atoms. The Labute approximate surface area is 117 Å². The lowest BCUT2D eigenvalue weighted by atomic mass is 9.92. The van der Waals surface area contributed by atoms with Crippen LogP contribution in [0.3, 0.4) is 0 Å². The summed E-state index contributed by atoms with van der Waals surface area (Å²) in [5.74, 6) is -0.704. The van der Waals surface area contributed by atoms with Gasteiger partial charge in [-0.2, -0.15) is 0 Å². The number of aromatic hydroxyl groups is 1. The summed E-state index contributed by atoms with van der Waals surface area (Å²) in [6.07, 6.45) is 2.17. The van der Waals surface area contributed by atoms with Gasteiger partial charge in [-0.1, -0.05) is 24.6 Å². The van der Waals surface area contributed by atoms with E-state index in [-0.39, 0.29) is 5.75 Å². The molecular formula is C14H18ClNO3. The van der Waals surface area contributed by atoms with Crippen LogP contribution in [0.5, 0.6) is 5.75 Å². The average molecular weight is 284 g/mol. The highest BCUT2D eigenvalue weighted by Gasteiger charge is 2.45. The molecule has 104 valence electrons. The van der Waals surface area contributed by atoms with Gasteiger partial charge in [0, 0.05) is 6.54 Å². The Morgan fingerprint density at radius 2 is 2.26 bits per heavy atom. The molecule has 0 saturated carbocycles. The molecule has 1 aliphatic heterocycles. The zero-order valence-electron chi connectivity index (χ0n) is 10.9. The highest BCUT2D eigenvalue weighted by molar-refractivity contribution is 6.32. The largest absolute Gasteiger partial charge is 0.506 e. The van der Waals surface area contributed by atoms with Crippen LogP contribution in [-0.4, -0.2) is 33.2 Å². The number of aliphatic carboxylic acids is 1. The lowest BCUT2D eigenvalue weighted by molar-refractivity contribution is -0.150. The first-order chi connectivity index (χ1) is 8.99. The third-order valence-electron chi connectivity index (χ3n) is 3.99. The molecule has 0 spiro atoms. The second kappa shape index (κ2) is 5.39. The van der Waals surface area contributed by atoms with Crippen molar-refractivity contribution in [2.45, 2.75) is 38.3 Å². The van der Waals surface area contributed by atoms with Crippen molar-refractivity contribution in [1.29, 1.82) is 0 Å². The summed E-state index contributed by atoms with van der Waals surface area (Å²) >= 11 is 5.88. The quantitative estimate of drug-likeness (QED) is 0.892. The lowest BCUT2D eigenvalue weighted by Crippen LogP contribution is -2.49. The summed E-state index contributed by atoms with van der Waals surface area (Å²) in [6, 6.07) is 5.02. The smallest absolute Gasteiger partial charge is 0.324 e. The molecule has 2 N–H and O–H groups in total. The van der Waals surface area contributed by atoms with Crippen molar-refractivity contribution in [3.63, 3.8) is 0 Å². The van der Waals surface area contributed by atoms with Crippen LogP contribution < -0.4 is 0 Å².